The smallest absolute Gasteiger partial charge is 0.337 e. The molecule has 1 aromatic carbocycles. The van der Waals surface area contributed by atoms with E-state index in [1.54, 1.807) is 6.07 Å². The Hall–Kier alpha value is -2.43. The van der Waals surface area contributed by atoms with E-state index in [2.05, 4.69) is 22.2 Å². The Morgan fingerprint density at radius 2 is 2.10 bits per heavy atom. The summed E-state index contributed by atoms with van der Waals surface area (Å²) >= 11 is 0. The van der Waals surface area contributed by atoms with Gasteiger partial charge in [-0.3, -0.25) is 0 Å². The molecule has 2 aromatic rings. The van der Waals surface area contributed by atoms with Crippen molar-refractivity contribution in [1.82, 2.24) is 9.97 Å². The number of nitrogens with one attached hydrogen (secondary N) is 1. The maximum Gasteiger partial charge on any atom is 0.337 e. The number of rotatable bonds is 5. The number of anilines is 1. The molecule has 1 N–H and O–H groups in total. The van der Waals surface area contributed by atoms with Gasteiger partial charge in [0.15, 0.2) is 0 Å². The molecule has 0 atom stereocenters. The average Bonchev–Trinajstić information content (AvgIpc) is 2.51. The molecular formula is C16H19N3O2. The number of aromatic nitrogens is 2. The van der Waals surface area contributed by atoms with Crippen LogP contribution in [-0.2, 0) is 17.7 Å². The first-order valence-corrected chi connectivity index (χ1v) is 6.88. The van der Waals surface area contributed by atoms with E-state index in [9.17, 15) is 4.79 Å². The molecule has 1 heterocycles. The summed E-state index contributed by atoms with van der Waals surface area (Å²) in [6, 6.07) is 9.28. The van der Waals surface area contributed by atoms with Crippen LogP contribution in [-0.4, -0.2) is 23.0 Å². The van der Waals surface area contributed by atoms with Crippen molar-refractivity contribution in [2.75, 3.05) is 12.4 Å². The van der Waals surface area contributed by atoms with E-state index in [0.29, 0.717) is 12.1 Å². The van der Waals surface area contributed by atoms with Gasteiger partial charge >= 0.3 is 5.97 Å². The number of benzene rings is 1. The molecule has 0 saturated heterocycles. The molecule has 0 unspecified atom stereocenters. The number of hydrogen-bond acceptors (Lipinski definition) is 5. The maximum atomic E-state index is 11.5. The van der Waals surface area contributed by atoms with Crippen LogP contribution in [0.5, 0.6) is 0 Å². The van der Waals surface area contributed by atoms with Gasteiger partial charge in [-0.2, -0.15) is 0 Å². The Kier molecular flexibility index (Phi) is 4.87. The molecule has 0 radical (unpaired) electrons. The zero-order valence-corrected chi connectivity index (χ0v) is 12.5. The predicted octanol–water partition coefficient (Wildman–Crippen LogP) is 2.75. The van der Waals surface area contributed by atoms with Crippen molar-refractivity contribution < 1.29 is 9.53 Å². The molecule has 0 fully saturated rings. The molecule has 21 heavy (non-hydrogen) atoms. The Labute approximate surface area is 124 Å². The molecule has 0 spiro atoms. The fourth-order valence-corrected chi connectivity index (χ4v) is 2.02. The van der Waals surface area contributed by atoms with Crippen LogP contribution in [0.15, 0.2) is 30.3 Å². The minimum atomic E-state index is -0.331. The van der Waals surface area contributed by atoms with Gasteiger partial charge in [0.2, 0.25) is 0 Å². The van der Waals surface area contributed by atoms with Crippen molar-refractivity contribution in [3.63, 3.8) is 0 Å². The monoisotopic (exact) mass is 285 g/mol. The maximum absolute atomic E-state index is 11.5. The molecule has 0 aliphatic heterocycles. The molecule has 110 valence electrons. The van der Waals surface area contributed by atoms with E-state index in [1.165, 1.54) is 7.11 Å². The number of ether oxygens (including phenoxy) is 1. The molecule has 5 heteroatoms. The van der Waals surface area contributed by atoms with E-state index in [4.69, 9.17) is 4.74 Å². The molecule has 0 aliphatic rings. The summed E-state index contributed by atoms with van der Waals surface area (Å²) in [6.07, 6.45) is 0.871. The quantitative estimate of drug-likeness (QED) is 0.856. The largest absolute Gasteiger partial charge is 0.465 e. The van der Waals surface area contributed by atoms with Crippen molar-refractivity contribution in [2.45, 2.75) is 26.8 Å². The summed E-state index contributed by atoms with van der Waals surface area (Å²) < 4.78 is 4.72. The lowest BCUT2D eigenvalue weighted by Gasteiger charge is -2.09. The minimum absolute atomic E-state index is 0.331. The van der Waals surface area contributed by atoms with E-state index >= 15 is 0 Å². The SMILES string of the molecule is CCc1cc(NCc2cccc(C(=O)OC)c2)nc(C)n1. The van der Waals surface area contributed by atoms with Gasteiger partial charge in [0.05, 0.1) is 12.7 Å². The van der Waals surface area contributed by atoms with Gasteiger partial charge in [-0.25, -0.2) is 14.8 Å². The number of esters is 1. The van der Waals surface area contributed by atoms with Gasteiger partial charge in [0.25, 0.3) is 0 Å². The van der Waals surface area contributed by atoms with Crippen LogP contribution in [0.4, 0.5) is 5.82 Å². The molecule has 5 nitrogen and oxygen atoms in total. The standard InChI is InChI=1S/C16H19N3O2/c1-4-14-9-15(19-11(2)18-14)17-10-12-6-5-7-13(8-12)16(20)21-3/h5-9H,4,10H2,1-3H3,(H,17,18,19). The van der Waals surface area contributed by atoms with Crippen LogP contribution in [0.1, 0.15) is 34.4 Å². The Bertz CT molecular complexity index is 641. The summed E-state index contributed by atoms with van der Waals surface area (Å²) in [7, 11) is 1.38. The first-order chi connectivity index (χ1) is 10.1. The highest BCUT2D eigenvalue weighted by atomic mass is 16.5. The number of hydrogen-bond donors (Lipinski definition) is 1. The highest BCUT2D eigenvalue weighted by Crippen LogP contribution is 2.11. The van der Waals surface area contributed by atoms with Crippen LogP contribution < -0.4 is 5.32 Å². The van der Waals surface area contributed by atoms with Gasteiger partial charge < -0.3 is 10.1 Å². The third-order valence-electron chi connectivity index (χ3n) is 3.07. The fourth-order valence-electron chi connectivity index (χ4n) is 2.02. The molecule has 0 bridgehead atoms. The number of aryl methyl sites for hydroxylation is 2. The van der Waals surface area contributed by atoms with Crippen LogP contribution in [0.2, 0.25) is 0 Å². The molecular weight excluding hydrogens is 266 g/mol. The van der Waals surface area contributed by atoms with E-state index in [0.717, 1.165) is 29.3 Å². The van der Waals surface area contributed by atoms with E-state index in [-0.39, 0.29) is 5.97 Å². The first-order valence-electron chi connectivity index (χ1n) is 6.88. The predicted molar refractivity (Wildman–Crippen MR) is 81.3 cm³/mol. The van der Waals surface area contributed by atoms with Crippen LogP contribution >= 0.6 is 0 Å². The van der Waals surface area contributed by atoms with E-state index in [1.807, 2.05) is 31.2 Å². The summed E-state index contributed by atoms with van der Waals surface area (Å²) in [5.41, 5.74) is 2.55. The third kappa shape index (κ3) is 4.02. The Morgan fingerprint density at radius 1 is 1.29 bits per heavy atom. The van der Waals surface area contributed by atoms with Crippen LogP contribution in [0.25, 0.3) is 0 Å². The lowest BCUT2D eigenvalue weighted by molar-refractivity contribution is 0.0600. The van der Waals surface area contributed by atoms with Crippen molar-refractivity contribution in [3.8, 4) is 0 Å². The first kappa shape index (κ1) is 15.0. The zero-order valence-electron chi connectivity index (χ0n) is 12.5. The van der Waals surface area contributed by atoms with Gasteiger partial charge in [-0.15, -0.1) is 0 Å². The molecule has 2 rings (SSSR count). The van der Waals surface area contributed by atoms with Crippen molar-refractivity contribution >= 4 is 11.8 Å². The average molecular weight is 285 g/mol. The number of carbonyl (C=O) groups is 1. The van der Waals surface area contributed by atoms with Crippen molar-refractivity contribution in [2.24, 2.45) is 0 Å². The number of nitrogens with zero attached hydrogens (tertiary/aromatic N) is 2. The molecule has 0 saturated carbocycles. The second-order valence-corrected chi connectivity index (χ2v) is 4.69. The summed E-state index contributed by atoms with van der Waals surface area (Å²) in [5, 5.41) is 3.26. The normalized spacial score (nSPS) is 10.2. The third-order valence-corrected chi connectivity index (χ3v) is 3.07. The summed E-state index contributed by atoms with van der Waals surface area (Å²) in [6.45, 7) is 4.53. The van der Waals surface area contributed by atoms with Crippen molar-refractivity contribution in [1.29, 1.82) is 0 Å². The topological polar surface area (TPSA) is 64.1 Å². The zero-order chi connectivity index (χ0) is 15.2. The fraction of sp³-hybridized carbons (Fsp3) is 0.312. The van der Waals surface area contributed by atoms with Gasteiger partial charge in [0.1, 0.15) is 11.6 Å². The minimum Gasteiger partial charge on any atom is -0.465 e. The summed E-state index contributed by atoms with van der Waals surface area (Å²) in [5.74, 6) is 1.21. The lowest BCUT2D eigenvalue weighted by atomic mass is 10.1. The molecule has 0 amide bonds. The summed E-state index contributed by atoms with van der Waals surface area (Å²) in [4.78, 5) is 20.2. The second-order valence-electron chi connectivity index (χ2n) is 4.69. The highest BCUT2D eigenvalue weighted by molar-refractivity contribution is 5.89. The van der Waals surface area contributed by atoms with Crippen LogP contribution in [0, 0.1) is 6.92 Å². The van der Waals surface area contributed by atoms with Gasteiger partial charge in [0, 0.05) is 18.3 Å². The van der Waals surface area contributed by atoms with Crippen LogP contribution in [0.3, 0.4) is 0 Å². The molecule has 0 aliphatic carbocycles. The lowest BCUT2D eigenvalue weighted by Crippen LogP contribution is -2.06. The second kappa shape index (κ2) is 6.83. The number of methoxy groups -OCH3 is 1. The Morgan fingerprint density at radius 3 is 2.81 bits per heavy atom. The van der Waals surface area contributed by atoms with Crippen molar-refractivity contribution in [3.05, 3.63) is 53.0 Å². The van der Waals surface area contributed by atoms with E-state index < -0.39 is 0 Å². The highest BCUT2D eigenvalue weighted by Gasteiger charge is 2.06. The number of carbonyl (C=O) groups excluding carboxylic acids is 1. The Balaban J connectivity index is 2.09. The van der Waals surface area contributed by atoms with Gasteiger partial charge in [-0.1, -0.05) is 19.1 Å². The molecule has 1 aromatic heterocycles. The van der Waals surface area contributed by atoms with Gasteiger partial charge in [-0.05, 0) is 31.0 Å².